The molecule has 0 aliphatic carbocycles. The van der Waals surface area contributed by atoms with Crippen molar-refractivity contribution in [2.24, 2.45) is 11.8 Å². The van der Waals surface area contributed by atoms with Gasteiger partial charge in [-0.15, -0.1) is 0 Å². The summed E-state index contributed by atoms with van der Waals surface area (Å²) in [6, 6.07) is -0.485. The first kappa shape index (κ1) is 27.0. The predicted octanol–water partition coefficient (Wildman–Crippen LogP) is 0.852. The van der Waals surface area contributed by atoms with E-state index in [0.29, 0.717) is 13.0 Å². The highest BCUT2D eigenvalue weighted by molar-refractivity contribution is 5.81. The Morgan fingerprint density at radius 1 is 1.23 bits per heavy atom. The van der Waals surface area contributed by atoms with E-state index in [1.54, 1.807) is 38.0 Å². The zero-order valence-electron chi connectivity index (χ0n) is 19.7. The number of hydrogen-bond donors (Lipinski definition) is 1. The van der Waals surface area contributed by atoms with Gasteiger partial charge in [-0.05, 0) is 18.8 Å². The van der Waals surface area contributed by atoms with E-state index in [9.17, 15) is 19.2 Å². The van der Waals surface area contributed by atoms with Gasteiger partial charge < -0.3 is 29.4 Å². The first-order chi connectivity index (χ1) is 14.8. The van der Waals surface area contributed by atoms with Gasteiger partial charge in [-0.3, -0.25) is 14.4 Å². The molecule has 1 aliphatic heterocycles. The number of rotatable bonds is 14. The van der Waals surface area contributed by atoms with Crippen molar-refractivity contribution < 1.29 is 28.7 Å². The second-order valence-electron chi connectivity index (χ2n) is 8.35. The van der Waals surface area contributed by atoms with Gasteiger partial charge in [0, 0.05) is 33.7 Å². The number of aldehydes is 1. The van der Waals surface area contributed by atoms with E-state index < -0.39 is 6.10 Å². The number of ether oxygens (including phenoxy) is 2. The van der Waals surface area contributed by atoms with Gasteiger partial charge in [-0.2, -0.15) is 0 Å². The van der Waals surface area contributed by atoms with Gasteiger partial charge in [0.05, 0.1) is 37.3 Å². The number of nitrogens with one attached hydrogen (secondary N) is 1. The third-order valence-corrected chi connectivity index (χ3v) is 6.47. The van der Waals surface area contributed by atoms with Gasteiger partial charge in [0.1, 0.15) is 6.29 Å². The summed E-state index contributed by atoms with van der Waals surface area (Å²) in [5, 5.41) is 2.39. The average molecular weight is 442 g/mol. The summed E-state index contributed by atoms with van der Waals surface area (Å²) < 4.78 is 11.3. The van der Waals surface area contributed by atoms with E-state index >= 15 is 0 Å². The van der Waals surface area contributed by atoms with Crippen LogP contribution < -0.4 is 5.32 Å². The monoisotopic (exact) mass is 441 g/mol. The molecule has 31 heavy (non-hydrogen) atoms. The van der Waals surface area contributed by atoms with Gasteiger partial charge >= 0.3 is 0 Å². The molecule has 178 valence electrons. The van der Waals surface area contributed by atoms with E-state index in [4.69, 9.17) is 9.47 Å². The first-order valence-corrected chi connectivity index (χ1v) is 11.0. The Kier molecular flexibility index (Phi) is 11.7. The summed E-state index contributed by atoms with van der Waals surface area (Å²) in [7, 11) is 4.78. The maximum absolute atomic E-state index is 13.3. The quantitative estimate of drug-likeness (QED) is 0.401. The van der Waals surface area contributed by atoms with Crippen molar-refractivity contribution in [2.45, 2.75) is 70.7 Å². The van der Waals surface area contributed by atoms with E-state index in [-0.39, 0.29) is 54.8 Å². The molecular formula is C22H39N3O6. The molecule has 9 nitrogen and oxygen atoms in total. The molecule has 0 bridgehead atoms. The van der Waals surface area contributed by atoms with E-state index in [1.807, 2.05) is 13.8 Å². The Hall–Kier alpha value is -2.00. The summed E-state index contributed by atoms with van der Waals surface area (Å²) in [6.45, 7) is 6.34. The van der Waals surface area contributed by atoms with Crippen LogP contribution in [-0.2, 0) is 28.7 Å². The van der Waals surface area contributed by atoms with Crippen LogP contribution in [0, 0.1) is 11.8 Å². The zero-order chi connectivity index (χ0) is 23.6. The van der Waals surface area contributed by atoms with Crippen molar-refractivity contribution in [1.82, 2.24) is 15.1 Å². The topological polar surface area (TPSA) is 105 Å². The highest BCUT2D eigenvalue weighted by Crippen LogP contribution is 2.28. The fourth-order valence-corrected chi connectivity index (χ4v) is 4.54. The number of likely N-dealkylation sites (tertiary alicyclic amines) is 1. The summed E-state index contributed by atoms with van der Waals surface area (Å²) in [5.74, 6) is -0.553. The maximum atomic E-state index is 13.3. The number of likely N-dealkylation sites (N-methyl/N-ethyl adjacent to an activating group) is 1. The van der Waals surface area contributed by atoms with Crippen LogP contribution in [0.5, 0.6) is 0 Å². The SMILES string of the molecule is CCC(C)C(C(CC(=O)N1CCCC1C(OC)C(C)C=O)OC)N(C)C(=O)CNC=O. The molecule has 1 rings (SSSR count). The molecule has 1 fully saturated rings. The van der Waals surface area contributed by atoms with Crippen molar-refractivity contribution in [3.63, 3.8) is 0 Å². The molecule has 6 unspecified atom stereocenters. The minimum atomic E-state index is -0.502. The molecule has 0 aromatic heterocycles. The first-order valence-electron chi connectivity index (χ1n) is 11.0. The van der Waals surface area contributed by atoms with Crippen molar-refractivity contribution in [3.8, 4) is 0 Å². The van der Waals surface area contributed by atoms with E-state index in [1.165, 1.54) is 0 Å². The molecule has 6 atom stereocenters. The van der Waals surface area contributed by atoms with Gasteiger partial charge in [-0.1, -0.05) is 27.2 Å². The smallest absolute Gasteiger partial charge is 0.242 e. The Morgan fingerprint density at radius 3 is 2.42 bits per heavy atom. The molecule has 1 saturated heterocycles. The highest BCUT2D eigenvalue weighted by atomic mass is 16.5. The molecule has 0 radical (unpaired) electrons. The Bertz CT molecular complexity index is 602. The number of methoxy groups -OCH3 is 2. The van der Waals surface area contributed by atoms with Crippen LogP contribution in [0.4, 0.5) is 0 Å². The second kappa shape index (κ2) is 13.4. The minimum absolute atomic E-state index is 0.0744. The standard InChI is InChI=1S/C22H39N3O6/c1-7-15(2)21(24(4)20(29)12-23-14-27)18(30-5)11-19(28)25-10-8-9-17(25)22(31-6)16(3)13-26/h13-18,21-22H,7-12H2,1-6H3,(H,23,27). The summed E-state index contributed by atoms with van der Waals surface area (Å²) in [4.78, 5) is 51.0. The molecule has 0 saturated carbocycles. The normalized spacial score (nSPS) is 21.0. The van der Waals surface area contributed by atoms with Crippen LogP contribution >= 0.6 is 0 Å². The number of hydrogen-bond acceptors (Lipinski definition) is 6. The Balaban J connectivity index is 3.02. The number of carbonyl (C=O) groups excluding carboxylic acids is 4. The lowest BCUT2D eigenvalue weighted by Gasteiger charge is -2.39. The van der Waals surface area contributed by atoms with Gasteiger partial charge in [0.2, 0.25) is 18.2 Å². The Morgan fingerprint density at radius 2 is 1.90 bits per heavy atom. The molecule has 3 amide bonds. The summed E-state index contributed by atoms with van der Waals surface area (Å²) in [5.41, 5.74) is 0. The van der Waals surface area contributed by atoms with Gasteiger partial charge in [0.15, 0.2) is 0 Å². The van der Waals surface area contributed by atoms with Crippen LogP contribution in [-0.4, -0.2) is 93.0 Å². The third-order valence-electron chi connectivity index (χ3n) is 6.47. The van der Waals surface area contributed by atoms with Gasteiger partial charge in [-0.25, -0.2) is 0 Å². The van der Waals surface area contributed by atoms with Crippen LogP contribution in [0.25, 0.3) is 0 Å². The highest BCUT2D eigenvalue weighted by Gasteiger charge is 2.40. The molecule has 1 aliphatic rings. The molecule has 9 heteroatoms. The van der Waals surface area contributed by atoms with Crippen molar-refractivity contribution in [3.05, 3.63) is 0 Å². The lowest BCUT2D eigenvalue weighted by atomic mass is 9.90. The predicted molar refractivity (Wildman–Crippen MR) is 116 cm³/mol. The fraction of sp³-hybridized carbons (Fsp3) is 0.818. The second-order valence-corrected chi connectivity index (χ2v) is 8.35. The van der Waals surface area contributed by atoms with Crippen LogP contribution in [0.3, 0.4) is 0 Å². The van der Waals surface area contributed by atoms with Crippen molar-refractivity contribution in [2.75, 3.05) is 34.4 Å². The molecular weight excluding hydrogens is 402 g/mol. The van der Waals surface area contributed by atoms with E-state index in [2.05, 4.69) is 5.32 Å². The average Bonchev–Trinajstić information content (AvgIpc) is 3.26. The number of nitrogens with zero attached hydrogens (tertiary/aromatic N) is 2. The zero-order valence-corrected chi connectivity index (χ0v) is 19.7. The molecule has 0 aromatic rings. The van der Waals surface area contributed by atoms with Gasteiger partial charge in [0.25, 0.3) is 0 Å². The summed E-state index contributed by atoms with van der Waals surface area (Å²) in [6.07, 6.45) is 3.04. The molecule has 0 spiro atoms. The maximum Gasteiger partial charge on any atom is 0.242 e. The molecule has 1 N–H and O–H groups in total. The van der Waals surface area contributed by atoms with Crippen LogP contribution in [0.2, 0.25) is 0 Å². The third kappa shape index (κ3) is 7.00. The lowest BCUT2D eigenvalue weighted by molar-refractivity contribution is -0.144. The van der Waals surface area contributed by atoms with E-state index in [0.717, 1.165) is 25.5 Å². The molecule has 1 heterocycles. The lowest BCUT2D eigenvalue weighted by Crippen LogP contribution is -2.53. The Labute approximate surface area is 185 Å². The molecule has 0 aromatic carbocycles. The number of amides is 3. The largest absolute Gasteiger partial charge is 0.379 e. The summed E-state index contributed by atoms with van der Waals surface area (Å²) >= 11 is 0. The fourth-order valence-electron chi connectivity index (χ4n) is 4.54. The van der Waals surface area contributed by atoms with Crippen LogP contribution in [0.1, 0.15) is 46.5 Å². The minimum Gasteiger partial charge on any atom is -0.379 e. The van der Waals surface area contributed by atoms with Crippen LogP contribution in [0.15, 0.2) is 0 Å². The van der Waals surface area contributed by atoms with Crippen molar-refractivity contribution in [1.29, 1.82) is 0 Å². The van der Waals surface area contributed by atoms with Crippen molar-refractivity contribution >= 4 is 24.5 Å². The number of carbonyl (C=O) groups is 4.